The first-order valence-electron chi connectivity index (χ1n) is 6.45. The molecule has 0 bridgehead atoms. The van der Waals surface area contributed by atoms with E-state index in [2.05, 4.69) is 15.3 Å². The minimum Gasteiger partial charge on any atom is -0.493 e. The van der Waals surface area contributed by atoms with E-state index in [0.717, 1.165) is 17.7 Å². The Hall–Kier alpha value is -2.89. The van der Waals surface area contributed by atoms with Crippen molar-refractivity contribution in [2.24, 2.45) is 10.3 Å². The van der Waals surface area contributed by atoms with Crippen LogP contribution < -0.4 is 4.74 Å². The molecule has 1 aliphatic rings. The first-order chi connectivity index (χ1) is 10.3. The fourth-order valence-corrected chi connectivity index (χ4v) is 2.28. The van der Waals surface area contributed by atoms with Gasteiger partial charge in [-0.15, -0.1) is 0 Å². The maximum atomic E-state index is 9.32. The molecule has 1 aliphatic heterocycles. The predicted octanol–water partition coefficient (Wildman–Crippen LogP) is 2.07. The van der Waals surface area contributed by atoms with Crippen molar-refractivity contribution >= 4 is 11.4 Å². The molecule has 2 N–H and O–H groups in total. The highest BCUT2D eigenvalue weighted by Gasteiger charge is 2.20. The molecular formula is C15H13N3O3. The van der Waals surface area contributed by atoms with Crippen molar-refractivity contribution in [3.63, 3.8) is 0 Å². The molecule has 1 aromatic heterocycles. The van der Waals surface area contributed by atoms with Crippen LogP contribution in [0.1, 0.15) is 16.8 Å². The summed E-state index contributed by atoms with van der Waals surface area (Å²) in [6.45, 7) is 0.644. The second-order valence-electron chi connectivity index (χ2n) is 4.53. The van der Waals surface area contributed by atoms with Crippen LogP contribution in [0.15, 0.2) is 52.9 Å². The second kappa shape index (κ2) is 5.62. The van der Waals surface area contributed by atoms with Gasteiger partial charge in [0.05, 0.1) is 12.3 Å². The zero-order valence-corrected chi connectivity index (χ0v) is 11.1. The van der Waals surface area contributed by atoms with E-state index in [9.17, 15) is 10.4 Å². The number of pyridine rings is 1. The van der Waals surface area contributed by atoms with Gasteiger partial charge in [0, 0.05) is 18.2 Å². The summed E-state index contributed by atoms with van der Waals surface area (Å²) in [6.07, 6.45) is 2.43. The van der Waals surface area contributed by atoms with E-state index >= 15 is 0 Å². The number of oxime groups is 2. The van der Waals surface area contributed by atoms with Gasteiger partial charge in [0.1, 0.15) is 11.5 Å². The number of rotatable bonds is 3. The third-order valence-corrected chi connectivity index (χ3v) is 3.30. The fraction of sp³-hybridized carbons (Fsp3) is 0.133. The Bertz CT molecular complexity index is 711. The molecular weight excluding hydrogens is 270 g/mol. The van der Waals surface area contributed by atoms with Crippen molar-refractivity contribution in [2.75, 3.05) is 6.61 Å². The normalized spacial score (nSPS) is 14.7. The zero-order chi connectivity index (χ0) is 14.7. The maximum Gasteiger partial charge on any atom is 0.157 e. The standard InChI is InChI=1S/C15H13N3O3/c19-17-14(15(18-20)12-3-1-2-7-16-12)11-5-4-10-6-8-21-13(10)9-11/h1-5,7,9,19-20H,6,8H2. The van der Waals surface area contributed by atoms with Gasteiger partial charge in [-0.1, -0.05) is 28.5 Å². The van der Waals surface area contributed by atoms with Crippen molar-refractivity contribution in [3.8, 4) is 5.75 Å². The van der Waals surface area contributed by atoms with E-state index in [0.29, 0.717) is 17.9 Å². The van der Waals surface area contributed by atoms with Gasteiger partial charge in [0.2, 0.25) is 0 Å². The Morgan fingerprint density at radius 3 is 2.67 bits per heavy atom. The van der Waals surface area contributed by atoms with Gasteiger partial charge < -0.3 is 15.2 Å². The van der Waals surface area contributed by atoms with Crippen LogP contribution in [0.3, 0.4) is 0 Å². The second-order valence-corrected chi connectivity index (χ2v) is 4.53. The molecule has 106 valence electrons. The van der Waals surface area contributed by atoms with E-state index in [4.69, 9.17) is 4.74 Å². The fourth-order valence-electron chi connectivity index (χ4n) is 2.28. The van der Waals surface area contributed by atoms with Gasteiger partial charge in [0.15, 0.2) is 5.71 Å². The molecule has 0 fully saturated rings. The molecule has 0 unspecified atom stereocenters. The van der Waals surface area contributed by atoms with E-state index in [1.54, 1.807) is 36.5 Å². The maximum absolute atomic E-state index is 9.32. The number of aromatic nitrogens is 1. The predicted molar refractivity (Wildman–Crippen MR) is 76.5 cm³/mol. The lowest BCUT2D eigenvalue weighted by molar-refractivity contribution is 0.314. The lowest BCUT2D eigenvalue weighted by atomic mass is 10.0. The average molecular weight is 283 g/mol. The van der Waals surface area contributed by atoms with Crippen molar-refractivity contribution in [3.05, 3.63) is 59.4 Å². The zero-order valence-electron chi connectivity index (χ0n) is 11.1. The van der Waals surface area contributed by atoms with Crippen molar-refractivity contribution in [1.29, 1.82) is 0 Å². The molecule has 0 spiro atoms. The minimum absolute atomic E-state index is 0.0936. The molecule has 0 aliphatic carbocycles. The van der Waals surface area contributed by atoms with E-state index < -0.39 is 0 Å². The Balaban J connectivity index is 2.02. The molecule has 0 radical (unpaired) electrons. The van der Waals surface area contributed by atoms with Crippen LogP contribution in [0, 0.1) is 0 Å². The van der Waals surface area contributed by atoms with Crippen LogP contribution in [0.25, 0.3) is 0 Å². The lowest BCUT2D eigenvalue weighted by Crippen LogP contribution is -2.18. The number of benzene rings is 1. The molecule has 1 aromatic carbocycles. The molecule has 6 heteroatoms. The van der Waals surface area contributed by atoms with Gasteiger partial charge in [-0.3, -0.25) is 4.98 Å². The number of hydrogen-bond donors (Lipinski definition) is 2. The monoisotopic (exact) mass is 283 g/mol. The Morgan fingerprint density at radius 2 is 1.95 bits per heavy atom. The third kappa shape index (κ3) is 2.43. The highest BCUT2D eigenvalue weighted by molar-refractivity contribution is 6.52. The smallest absolute Gasteiger partial charge is 0.157 e. The quantitative estimate of drug-likeness (QED) is 0.513. The Labute approximate surface area is 121 Å². The van der Waals surface area contributed by atoms with Gasteiger partial charge in [-0.05, 0) is 23.8 Å². The molecule has 6 nitrogen and oxygen atoms in total. The van der Waals surface area contributed by atoms with Gasteiger partial charge >= 0.3 is 0 Å². The average Bonchev–Trinajstić information content (AvgIpc) is 3.00. The molecule has 3 rings (SSSR count). The van der Waals surface area contributed by atoms with Crippen LogP contribution in [0.5, 0.6) is 5.75 Å². The van der Waals surface area contributed by atoms with Crippen LogP contribution in [-0.2, 0) is 6.42 Å². The van der Waals surface area contributed by atoms with Gasteiger partial charge in [0.25, 0.3) is 0 Å². The number of nitrogens with zero attached hydrogens (tertiary/aromatic N) is 3. The van der Waals surface area contributed by atoms with Crippen LogP contribution in [-0.4, -0.2) is 33.4 Å². The Kier molecular flexibility index (Phi) is 3.51. The van der Waals surface area contributed by atoms with E-state index in [1.807, 2.05) is 6.07 Å². The summed E-state index contributed by atoms with van der Waals surface area (Å²) in [4.78, 5) is 4.10. The van der Waals surface area contributed by atoms with Crippen LogP contribution >= 0.6 is 0 Å². The molecule has 0 amide bonds. The minimum atomic E-state index is 0.0936. The Morgan fingerprint density at radius 1 is 1.10 bits per heavy atom. The van der Waals surface area contributed by atoms with Crippen molar-refractivity contribution in [1.82, 2.24) is 4.98 Å². The summed E-state index contributed by atoms with van der Waals surface area (Å²) in [5.74, 6) is 0.756. The first-order valence-corrected chi connectivity index (χ1v) is 6.45. The summed E-state index contributed by atoms with van der Waals surface area (Å²) < 4.78 is 5.50. The molecule has 2 aromatic rings. The summed E-state index contributed by atoms with van der Waals surface area (Å²) in [7, 11) is 0. The summed E-state index contributed by atoms with van der Waals surface area (Å²) >= 11 is 0. The summed E-state index contributed by atoms with van der Waals surface area (Å²) in [5, 5.41) is 25.1. The van der Waals surface area contributed by atoms with Crippen molar-refractivity contribution in [2.45, 2.75) is 6.42 Å². The van der Waals surface area contributed by atoms with E-state index in [-0.39, 0.29) is 11.4 Å². The third-order valence-electron chi connectivity index (χ3n) is 3.30. The number of ether oxygens (including phenoxy) is 1. The molecule has 0 saturated heterocycles. The molecule has 2 heterocycles. The molecule has 0 atom stereocenters. The summed E-state index contributed by atoms with van der Waals surface area (Å²) in [5.41, 5.74) is 2.34. The largest absolute Gasteiger partial charge is 0.493 e. The molecule has 0 saturated carbocycles. The van der Waals surface area contributed by atoms with Crippen LogP contribution in [0.4, 0.5) is 0 Å². The van der Waals surface area contributed by atoms with Crippen molar-refractivity contribution < 1.29 is 15.2 Å². The highest BCUT2D eigenvalue weighted by atomic mass is 16.5. The number of hydrogen-bond acceptors (Lipinski definition) is 6. The van der Waals surface area contributed by atoms with Gasteiger partial charge in [-0.25, -0.2) is 0 Å². The first kappa shape index (κ1) is 13.1. The van der Waals surface area contributed by atoms with Gasteiger partial charge in [-0.2, -0.15) is 0 Å². The van der Waals surface area contributed by atoms with Crippen LogP contribution in [0.2, 0.25) is 0 Å². The highest BCUT2D eigenvalue weighted by Crippen LogP contribution is 2.26. The van der Waals surface area contributed by atoms with E-state index in [1.165, 1.54) is 0 Å². The number of fused-ring (bicyclic) bond motifs is 1. The lowest BCUT2D eigenvalue weighted by Gasteiger charge is -2.08. The SMILES string of the molecule is ON=C(C(=NO)c1ccccn1)c1ccc2c(c1)OCC2. The molecule has 21 heavy (non-hydrogen) atoms. The topological polar surface area (TPSA) is 87.3 Å². The summed E-state index contributed by atoms with van der Waals surface area (Å²) in [6, 6.07) is 10.7.